The van der Waals surface area contributed by atoms with Gasteiger partial charge in [-0.25, -0.2) is 0 Å². The van der Waals surface area contributed by atoms with Gasteiger partial charge < -0.3 is 4.98 Å². The predicted molar refractivity (Wildman–Crippen MR) is 82.9 cm³/mol. The standard InChI is InChI=1S/C14H16N2S2/c17-14(18)11-16(10-13-7-4-8-15-13)9-12-5-2-1-3-6-12/h1-8,15H,9-11H2,(H,17,18). The fraction of sp³-hybridized carbons (Fsp3) is 0.214. The Morgan fingerprint density at radius 3 is 2.50 bits per heavy atom. The first-order chi connectivity index (χ1) is 8.74. The lowest BCUT2D eigenvalue weighted by molar-refractivity contribution is 0.294. The van der Waals surface area contributed by atoms with Crippen LogP contribution in [-0.4, -0.2) is 20.6 Å². The molecule has 0 fully saturated rings. The molecule has 0 amide bonds. The van der Waals surface area contributed by atoms with Crippen LogP contribution in [0.5, 0.6) is 0 Å². The van der Waals surface area contributed by atoms with Gasteiger partial charge in [0.25, 0.3) is 0 Å². The monoisotopic (exact) mass is 276 g/mol. The largest absolute Gasteiger partial charge is 0.364 e. The van der Waals surface area contributed by atoms with Crippen molar-refractivity contribution in [1.82, 2.24) is 9.88 Å². The first-order valence-electron chi connectivity index (χ1n) is 5.84. The summed E-state index contributed by atoms with van der Waals surface area (Å²) in [4.78, 5) is 5.49. The first-order valence-corrected chi connectivity index (χ1v) is 6.70. The van der Waals surface area contributed by atoms with Gasteiger partial charge in [0.1, 0.15) is 0 Å². The summed E-state index contributed by atoms with van der Waals surface area (Å²) in [6, 6.07) is 14.5. The van der Waals surface area contributed by atoms with E-state index in [1.165, 1.54) is 11.3 Å². The van der Waals surface area contributed by atoms with E-state index in [4.69, 9.17) is 12.2 Å². The van der Waals surface area contributed by atoms with Crippen LogP contribution >= 0.6 is 24.8 Å². The summed E-state index contributed by atoms with van der Waals surface area (Å²) < 4.78 is 0.720. The Balaban J connectivity index is 2.03. The van der Waals surface area contributed by atoms with E-state index in [1.54, 1.807) is 0 Å². The van der Waals surface area contributed by atoms with Crippen molar-refractivity contribution in [3.8, 4) is 0 Å². The fourth-order valence-electron chi connectivity index (χ4n) is 1.91. The molecule has 0 saturated carbocycles. The molecule has 1 heterocycles. The lowest BCUT2D eigenvalue weighted by Gasteiger charge is -2.21. The van der Waals surface area contributed by atoms with Gasteiger partial charge in [-0.3, -0.25) is 4.90 Å². The molecule has 0 aliphatic heterocycles. The number of hydrogen-bond donors (Lipinski definition) is 2. The number of rotatable bonds is 6. The highest BCUT2D eigenvalue weighted by Crippen LogP contribution is 2.09. The zero-order valence-corrected chi connectivity index (χ0v) is 11.8. The van der Waals surface area contributed by atoms with E-state index < -0.39 is 0 Å². The highest BCUT2D eigenvalue weighted by molar-refractivity contribution is 8.11. The maximum absolute atomic E-state index is 5.10. The second-order valence-electron chi connectivity index (χ2n) is 4.22. The Morgan fingerprint density at radius 2 is 1.89 bits per heavy atom. The first kappa shape index (κ1) is 13.3. The maximum atomic E-state index is 5.10. The normalized spacial score (nSPS) is 10.8. The third kappa shape index (κ3) is 4.29. The minimum atomic E-state index is 0.715. The average molecular weight is 276 g/mol. The van der Waals surface area contributed by atoms with Gasteiger partial charge in [-0.2, -0.15) is 0 Å². The van der Waals surface area contributed by atoms with Gasteiger partial charge in [-0.1, -0.05) is 42.5 Å². The van der Waals surface area contributed by atoms with Crippen LogP contribution in [-0.2, 0) is 13.1 Å². The molecule has 0 spiro atoms. The van der Waals surface area contributed by atoms with E-state index in [0.29, 0.717) is 6.54 Å². The molecule has 0 bridgehead atoms. The molecule has 0 saturated heterocycles. The van der Waals surface area contributed by atoms with Crippen LogP contribution in [0.3, 0.4) is 0 Å². The van der Waals surface area contributed by atoms with E-state index in [2.05, 4.69) is 52.8 Å². The lowest BCUT2D eigenvalue weighted by atomic mass is 10.2. The third-order valence-electron chi connectivity index (χ3n) is 2.66. The summed E-state index contributed by atoms with van der Waals surface area (Å²) in [5.74, 6) is 0. The zero-order valence-electron chi connectivity index (χ0n) is 10.0. The molecule has 2 nitrogen and oxygen atoms in total. The van der Waals surface area contributed by atoms with Gasteiger partial charge in [0.15, 0.2) is 0 Å². The Hall–Kier alpha value is -1.10. The molecule has 18 heavy (non-hydrogen) atoms. The molecule has 94 valence electrons. The van der Waals surface area contributed by atoms with Crippen molar-refractivity contribution in [2.45, 2.75) is 13.1 Å². The molecule has 0 atom stereocenters. The van der Waals surface area contributed by atoms with Crippen molar-refractivity contribution in [3.05, 3.63) is 59.9 Å². The number of thiocarbonyl (C=S) groups is 1. The molecule has 1 N–H and O–H groups in total. The molecule has 2 aromatic rings. The molecule has 4 heteroatoms. The minimum absolute atomic E-state index is 0.715. The molecule has 0 radical (unpaired) electrons. The summed E-state index contributed by atoms with van der Waals surface area (Å²) >= 11 is 9.33. The number of benzene rings is 1. The van der Waals surface area contributed by atoms with Crippen LogP contribution in [0.25, 0.3) is 0 Å². The van der Waals surface area contributed by atoms with Crippen molar-refractivity contribution < 1.29 is 0 Å². The summed E-state index contributed by atoms with van der Waals surface area (Å²) in [5, 5.41) is 0. The molecular formula is C14H16N2S2. The highest BCUT2D eigenvalue weighted by atomic mass is 32.1. The topological polar surface area (TPSA) is 19.0 Å². The Labute approximate surface area is 118 Å². The molecule has 0 aliphatic carbocycles. The van der Waals surface area contributed by atoms with Gasteiger partial charge in [-0.15, -0.1) is 12.6 Å². The third-order valence-corrected chi connectivity index (χ3v) is 2.93. The summed E-state index contributed by atoms with van der Waals surface area (Å²) in [6.45, 7) is 2.44. The molecule has 2 rings (SSSR count). The Morgan fingerprint density at radius 1 is 1.11 bits per heavy atom. The Bertz CT molecular complexity index is 480. The number of aromatic nitrogens is 1. The van der Waals surface area contributed by atoms with Crippen LogP contribution in [0.15, 0.2) is 48.7 Å². The van der Waals surface area contributed by atoms with Crippen molar-refractivity contribution >= 4 is 29.0 Å². The second-order valence-corrected chi connectivity index (χ2v) is 5.56. The zero-order chi connectivity index (χ0) is 12.8. The highest BCUT2D eigenvalue weighted by Gasteiger charge is 2.08. The average Bonchev–Trinajstić information content (AvgIpc) is 2.82. The van der Waals surface area contributed by atoms with Gasteiger partial charge >= 0.3 is 0 Å². The van der Waals surface area contributed by atoms with Gasteiger partial charge in [0.2, 0.25) is 0 Å². The van der Waals surface area contributed by atoms with Crippen molar-refractivity contribution in [3.63, 3.8) is 0 Å². The molecule has 0 aliphatic rings. The smallest absolute Gasteiger partial charge is 0.0589 e. The van der Waals surface area contributed by atoms with Crippen molar-refractivity contribution in [2.24, 2.45) is 0 Å². The van der Waals surface area contributed by atoms with Gasteiger partial charge in [-0.05, 0) is 17.7 Å². The molecule has 1 aromatic heterocycles. The van der Waals surface area contributed by atoms with Crippen LogP contribution in [0.4, 0.5) is 0 Å². The molecular weight excluding hydrogens is 260 g/mol. The fourth-order valence-corrected chi connectivity index (χ4v) is 2.29. The summed E-state index contributed by atoms with van der Waals surface area (Å²) in [7, 11) is 0. The van der Waals surface area contributed by atoms with Gasteiger partial charge in [0.05, 0.1) is 4.20 Å². The Kier molecular flexibility index (Phi) is 4.99. The number of nitrogens with one attached hydrogen (secondary N) is 1. The van der Waals surface area contributed by atoms with E-state index in [0.717, 1.165) is 17.3 Å². The summed E-state index contributed by atoms with van der Waals surface area (Å²) in [6.07, 6.45) is 1.94. The van der Waals surface area contributed by atoms with Crippen LogP contribution in [0.2, 0.25) is 0 Å². The number of aromatic amines is 1. The van der Waals surface area contributed by atoms with Crippen molar-refractivity contribution in [2.75, 3.05) is 6.54 Å². The number of H-pyrrole nitrogens is 1. The minimum Gasteiger partial charge on any atom is -0.364 e. The number of nitrogens with zero attached hydrogens (tertiary/aromatic N) is 1. The van der Waals surface area contributed by atoms with E-state index in [1.807, 2.05) is 18.3 Å². The van der Waals surface area contributed by atoms with Gasteiger partial charge in [0, 0.05) is 31.5 Å². The molecule has 1 aromatic carbocycles. The summed E-state index contributed by atoms with van der Waals surface area (Å²) in [5.41, 5.74) is 2.48. The van der Waals surface area contributed by atoms with E-state index in [9.17, 15) is 0 Å². The van der Waals surface area contributed by atoms with Crippen LogP contribution in [0, 0.1) is 0 Å². The SMILES string of the molecule is S=C(S)CN(Cc1ccccc1)Cc1ccc[nH]1. The predicted octanol–water partition coefficient (Wildman–Crippen LogP) is 3.27. The quantitative estimate of drug-likeness (QED) is 0.623. The van der Waals surface area contributed by atoms with Crippen LogP contribution in [0.1, 0.15) is 11.3 Å². The lowest BCUT2D eigenvalue weighted by Crippen LogP contribution is -2.26. The van der Waals surface area contributed by atoms with E-state index >= 15 is 0 Å². The second kappa shape index (κ2) is 6.73. The number of hydrogen-bond acceptors (Lipinski definition) is 2. The van der Waals surface area contributed by atoms with Crippen LogP contribution < -0.4 is 0 Å². The number of thiol groups is 1. The maximum Gasteiger partial charge on any atom is 0.0589 e. The molecule has 0 unspecified atom stereocenters. The van der Waals surface area contributed by atoms with Crippen molar-refractivity contribution in [1.29, 1.82) is 0 Å². The van der Waals surface area contributed by atoms with E-state index in [-0.39, 0.29) is 0 Å².